The van der Waals surface area contributed by atoms with Crippen LogP contribution in [-0.4, -0.2) is 27.1 Å². The maximum absolute atomic E-state index is 12.1. The van der Waals surface area contributed by atoms with Gasteiger partial charge in [-0.05, 0) is 29.8 Å². The number of fused-ring (bicyclic) bond motifs is 1. The first kappa shape index (κ1) is 19.6. The number of halogens is 1. The van der Waals surface area contributed by atoms with Gasteiger partial charge < -0.3 is 10.5 Å². The summed E-state index contributed by atoms with van der Waals surface area (Å²) in [6.45, 7) is 0.184. The number of nitriles is 1. The summed E-state index contributed by atoms with van der Waals surface area (Å²) in [6, 6.07) is 11.1. The Morgan fingerprint density at radius 1 is 1.27 bits per heavy atom. The lowest BCUT2D eigenvalue weighted by Crippen LogP contribution is -2.13. The number of H-pyrrole nitrogens is 1. The summed E-state index contributed by atoms with van der Waals surface area (Å²) in [5.41, 5.74) is 9.32. The molecule has 2 heterocycles. The number of aromatic amines is 1. The zero-order chi connectivity index (χ0) is 21.4. The highest BCUT2D eigenvalue weighted by Crippen LogP contribution is 2.39. The Bertz CT molecular complexity index is 1380. The highest BCUT2D eigenvalue weighted by Gasteiger charge is 2.20. The predicted molar refractivity (Wildman–Crippen MR) is 114 cm³/mol. The number of ether oxygens (including phenoxy) is 1. The number of aryl methyl sites for hydroxylation is 1. The molecule has 0 fully saturated rings. The van der Waals surface area contributed by atoms with Crippen LogP contribution in [0.3, 0.4) is 0 Å². The smallest absolute Gasteiger partial charge is 0.272 e. The predicted octanol–water partition coefficient (Wildman–Crippen LogP) is 2.98. The molecule has 8 nitrogen and oxygen atoms in total. The van der Waals surface area contributed by atoms with Crippen molar-refractivity contribution in [2.24, 2.45) is 12.8 Å². The molecule has 4 aromatic rings. The maximum atomic E-state index is 12.1. The van der Waals surface area contributed by atoms with Crippen LogP contribution >= 0.6 is 11.6 Å². The Balaban J connectivity index is 1.98. The van der Waals surface area contributed by atoms with Gasteiger partial charge in [0.1, 0.15) is 16.8 Å². The molecule has 9 heteroatoms. The summed E-state index contributed by atoms with van der Waals surface area (Å²) < 4.78 is 6.91. The topological polar surface area (TPSA) is 123 Å². The lowest BCUT2D eigenvalue weighted by molar-refractivity contribution is 0.415. The average Bonchev–Trinajstić information content (AvgIpc) is 3.14. The van der Waals surface area contributed by atoms with Crippen LogP contribution in [0.15, 0.2) is 41.3 Å². The second-order valence-electron chi connectivity index (χ2n) is 6.61. The number of nitrogens with zero attached hydrogens (tertiary/aromatic N) is 4. The van der Waals surface area contributed by atoms with Crippen LogP contribution in [0.1, 0.15) is 11.3 Å². The van der Waals surface area contributed by atoms with Crippen molar-refractivity contribution in [1.82, 2.24) is 20.0 Å². The van der Waals surface area contributed by atoms with Crippen LogP contribution in [-0.2, 0) is 13.6 Å². The molecular weight excluding hydrogens is 404 g/mol. The van der Waals surface area contributed by atoms with Crippen molar-refractivity contribution < 1.29 is 4.74 Å². The third-order valence-corrected chi connectivity index (χ3v) is 5.38. The SMILES string of the molecule is COc1ccc(-c2c(-c3ccc4c(=O)[nH]nc(CN)c4c3)cnn2C)c(C#N)c1Cl. The molecule has 0 spiro atoms. The first-order valence-electron chi connectivity index (χ1n) is 9.00. The minimum Gasteiger partial charge on any atom is -0.495 e. The van der Waals surface area contributed by atoms with Crippen molar-refractivity contribution in [1.29, 1.82) is 5.26 Å². The van der Waals surface area contributed by atoms with E-state index in [4.69, 9.17) is 22.1 Å². The normalized spacial score (nSPS) is 10.9. The zero-order valence-electron chi connectivity index (χ0n) is 16.2. The Kier molecular flexibility index (Phi) is 4.99. The molecular formula is C21H17ClN6O2. The summed E-state index contributed by atoms with van der Waals surface area (Å²) in [5, 5.41) is 22.0. The molecule has 2 aromatic carbocycles. The third kappa shape index (κ3) is 3.01. The van der Waals surface area contributed by atoms with Crippen LogP contribution in [0.4, 0.5) is 0 Å². The number of benzene rings is 2. The van der Waals surface area contributed by atoms with Gasteiger partial charge >= 0.3 is 0 Å². The Labute approximate surface area is 176 Å². The van der Waals surface area contributed by atoms with Gasteiger partial charge in [-0.25, -0.2) is 5.10 Å². The minimum absolute atomic E-state index is 0.184. The van der Waals surface area contributed by atoms with Crippen LogP contribution in [0.2, 0.25) is 5.02 Å². The van der Waals surface area contributed by atoms with E-state index in [0.29, 0.717) is 39.0 Å². The van der Waals surface area contributed by atoms with E-state index in [1.807, 2.05) is 12.1 Å². The van der Waals surface area contributed by atoms with Crippen LogP contribution in [0.5, 0.6) is 5.75 Å². The molecule has 0 saturated heterocycles. The molecule has 4 rings (SSSR count). The summed E-state index contributed by atoms with van der Waals surface area (Å²) in [5.74, 6) is 0.421. The second kappa shape index (κ2) is 7.63. The van der Waals surface area contributed by atoms with Gasteiger partial charge in [0, 0.05) is 30.1 Å². The zero-order valence-corrected chi connectivity index (χ0v) is 17.0. The first-order chi connectivity index (χ1) is 14.5. The number of rotatable bonds is 4. The molecule has 0 amide bonds. The van der Waals surface area contributed by atoms with E-state index in [-0.39, 0.29) is 17.1 Å². The Morgan fingerprint density at radius 2 is 2.07 bits per heavy atom. The minimum atomic E-state index is -0.283. The van der Waals surface area contributed by atoms with E-state index in [1.54, 1.807) is 36.1 Å². The molecule has 30 heavy (non-hydrogen) atoms. The average molecular weight is 421 g/mol. The van der Waals surface area contributed by atoms with Gasteiger partial charge in [-0.2, -0.15) is 15.5 Å². The summed E-state index contributed by atoms with van der Waals surface area (Å²) >= 11 is 6.38. The molecule has 0 aliphatic heterocycles. The lowest BCUT2D eigenvalue weighted by atomic mass is 9.96. The Hall–Kier alpha value is -3.67. The molecule has 0 unspecified atom stereocenters. The maximum Gasteiger partial charge on any atom is 0.272 e. The standard InChI is InChI=1S/C21H17ClN6O2/c1-28-20(12-5-6-18(30-2)19(22)15(12)8-23)16(10-25-28)11-3-4-13-14(7-11)17(9-24)26-27-21(13)29/h3-7,10H,9,24H2,1-2H3,(H,27,29). The molecule has 0 atom stereocenters. The largest absolute Gasteiger partial charge is 0.495 e. The van der Waals surface area contributed by atoms with Gasteiger partial charge in [-0.3, -0.25) is 9.48 Å². The molecule has 0 saturated carbocycles. The monoisotopic (exact) mass is 420 g/mol. The van der Waals surface area contributed by atoms with Gasteiger partial charge in [-0.15, -0.1) is 0 Å². The van der Waals surface area contributed by atoms with E-state index in [9.17, 15) is 10.1 Å². The van der Waals surface area contributed by atoms with E-state index >= 15 is 0 Å². The molecule has 150 valence electrons. The molecule has 0 aliphatic rings. The first-order valence-corrected chi connectivity index (χ1v) is 9.38. The van der Waals surface area contributed by atoms with E-state index in [2.05, 4.69) is 21.4 Å². The van der Waals surface area contributed by atoms with Crippen molar-refractivity contribution in [3.05, 3.63) is 63.2 Å². The molecule has 0 radical (unpaired) electrons. The van der Waals surface area contributed by atoms with Crippen molar-refractivity contribution in [3.8, 4) is 34.2 Å². The fraction of sp³-hybridized carbons (Fsp3) is 0.143. The van der Waals surface area contributed by atoms with Gasteiger partial charge in [0.2, 0.25) is 0 Å². The molecule has 2 aromatic heterocycles. The number of hydrogen-bond donors (Lipinski definition) is 2. The van der Waals surface area contributed by atoms with Crippen LogP contribution in [0, 0.1) is 11.3 Å². The summed E-state index contributed by atoms with van der Waals surface area (Å²) in [7, 11) is 3.29. The van der Waals surface area contributed by atoms with Gasteiger partial charge in [0.05, 0.1) is 35.6 Å². The summed E-state index contributed by atoms with van der Waals surface area (Å²) in [4.78, 5) is 12.1. The van der Waals surface area contributed by atoms with Crippen LogP contribution in [0.25, 0.3) is 33.2 Å². The molecule has 3 N–H and O–H groups in total. The fourth-order valence-corrected chi connectivity index (χ4v) is 3.82. The van der Waals surface area contributed by atoms with Gasteiger partial charge in [0.15, 0.2) is 0 Å². The van der Waals surface area contributed by atoms with Crippen molar-refractivity contribution >= 4 is 22.4 Å². The summed E-state index contributed by atoms with van der Waals surface area (Å²) in [6.07, 6.45) is 1.71. The molecule has 0 aliphatic carbocycles. The van der Waals surface area contributed by atoms with Crippen molar-refractivity contribution in [2.45, 2.75) is 6.54 Å². The van der Waals surface area contributed by atoms with E-state index in [0.717, 1.165) is 11.1 Å². The number of methoxy groups -OCH3 is 1. The van der Waals surface area contributed by atoms with Gasteiger partial charge in [-0.1, -0.05) is 17.7 Å². The lowest BCUT2D eigenvalue weighted by Gasteiger charge is -2.12. The number of nitrogens with two attached hydrogens (primary N) is 1. The number of hydrogen-bond acceptors (Lipinski definition) is 6. The highest BCUT2D eigenvalue weighted by atomic mass is 35.5. The second-order valence-corrected chi connectivity index (χ2v) is 6.99. The fourth-order valence-electron chi connectivity index (χ4n) is 3.53. The van der Waals surface area contributed by atoms with Gasteiger partial charge in [0.25, 0.3) is 5.56 Å². The van der Waals surface area contributed by atoms with Crippen molar-refractivity contribution in [3.63, 3.8) is 0 Å². The number of nitrogens with one attached hydrogen (secondary N) is 1. The van der Waals surface area contributed by atoms with Crippen LogP contribution < -0.4 is 16.0 Å². The quantitative estimate of drug-likeness (QED) is 0.523. The molecule has 0 bridgehead atoms. The van der Waals surface area contributed by atoms with Crippen molar-refractivity contribution in [2.75, 3.05) is 7.11 Å². The number of aromatic nitrogens is 4. The Morgan fingerprint density at radius 3 is 2.77 bits per heavy atom. The third-order valence-electron chi connectivity index (χ3n) is 5.00. The van der Waals surface area contributed by atoms with E-state index in [1.165, 1.54) is 7.11 Å². The van der Waals surface area contributed by atoms with E-state index < -0.39 is 0 Å². The highest BCUT2D eigenvalue weighted by molar-refractivity contribution is 6.33.